The van der Waals surface area contributed by atoms with Crippen molar-refractivity contribution < 1.29 is 5.11 Å². The Labute approximate surface area is 136 Å². The first-order valence-electron chi connectivity index (χ1n) is 7.78. The Hall–Kier alpha value is -2.80. The second kappa shape index (κ2) is 6.53. The first kappa shape index (κ1) is 15.1. The lowest BCUT2D eigenvalue weighted by molar-refractivity contribution is 0.477. The molecule has 0 saturated heterocycles. The van der Waals surface area contributed by atoms with E-state index in [4.69, 9.17) is 0 Å². The summed E-state index contributed by atoms with van der Waals surface area (Å²) in [6, 6.07) is 26.7. The van der Waals surface area contributed by atoms with E-state index in [2.05, 4.69) is 49.4 Å². The lowest BCUT2D eigenvalue weighted by atomic mass is 10.1. The molecule has 0 heterocycles. The molecule has 0 atom stereocenters. The molecule has 0 radical (unpaired) electrons. The molecule has 4 aromatic rings. The van der Waals surface area contributed by atoms with Crippen LogP contribution in [0.1, 0.15) is 11.1 Å². The summed E-state index contributed by atoms with van der Waals surface area (Å²) in [4.78, 5) is 0. The number of fused-ring (bicyclic) bond motifs is 2. The zero-order chi connectivity index (χ0) is 16.2. The summed E-state index contributed by atoms with van der Waals surface area (Å²) in [5.41, 5.74) is 2.25. The fourth-order valence-electron chi connectivity index (χ4n) is 2.67. The molecule has 0 aliphatic heterocycles. The van der Waals surface area contributed by atoms with E-state index in [1.165, 1.54) is 16.3 Å². The van der Waals surface area contributed by atoms with Crippen LogP contribution in [0.2, 0.25) is 0 Å². The third kappa shape index (κ3) is 3.35. The van der Waals surface area contributed by atoms with Crippen LogP contribution in [0.5, 0.6) is 5.75 Å². The Morgan fingerprint density at radius 2 is 1.22 bits per heavy atom. The van der Waals surface area contributed by atoms with Crippen LogP contribution in [0.15, 0.2) is 78.9 Å². The molecule has 0 aliphatic rings. The predicted molar refractivity (Wildman–Crippen MR) is 99.0 cm³/mol. The molecule has 23 heavy (non-hydrogen) atoms. The van der Waals surface area contributed by atoms with Gasteiger partial charge >= 0.3 is 0 Å². The van der Waals surface area contributed by atoms with Crippen LogP contribution >= 0.6 is 0 Å². The maximum atomic E-state index is 9.66. The van der Waals surface area contributed by atoms with Crippen LogP contribution in [-0.4, -0.2) is 5.11 Å². The Morgan fingerprint density at radius 3 is 2.00 bits per heavy atom. The quantitative estimate of drug-likeness (QED) is 0.422. The van der Waals surface area contributed by atoms with Crippen molar-refractivity contribution in [1.82, 2.24) is 0 Å². The highest BCUT2D eigenvalue weighted by atomic mass is 16.3. The summed E-state index contributed by atoms with van der Waals surface area (Å²) >= 11 is 0. The summed E-state index contributed by atoms with van der Waals surface area (Å²) in [5, 5.41) is 14.3. The van der Waals surface area contributed by atoms with E-state index in [1.54, 1.807) is 0 Å². The average Bonchev–Trinajstić information content (AvgIpc) is 2.59. The molecular formula is C22H20O. The van der Waals surface area contributed by atoms with Crippen LogP contribution in [0.3, 0.4) is 0 Å². The summed E-state index contributed by atoms with van der Waals surface area (Å²) in [6.45, 7) is 4.02. The van der Waals surface area contributed by atoms with Crippen LogP contribution in [0.25, 0.3) is 21.5 Å². The van der Waals surface area contributed by atoms with E-state index in [-0.39, 0.29) is 0 Å². The minimum atomic E-state index is 0.396. The van der Waals surface area contributed by atoms with Gasteiger partial charge in [0.15, 0.2) is 0 Å². The third-order valence-electron chi connectivity index (χ3n) is 4.01. The third-order valence-corrected chi connectivity index (χ3v) is 4.01. The Kier molecular flexibility index (Phi) is 4.29. The largest absolute Gasteiger partial charge is 0.507 e. The number of hydrogen-bond donors (Lipinski definition) is 1. The SMILES string of the molecule is Cc1ccc2ccccc2c1.Cc1ccc2ccccc2c1O. The van der Waals surface area contributed by atoms with Crippen molar-refractivity contribution >= 4 is 21.5 Å². The summed E-state index contributed by atoms with van der Waals surface area (Å²) in [7, 11) is 0. The van der Waals surface area contributed by atoms with E-state index in [0.717, 1.165) is 16.3 Å². The van der Waals surface area contributed by atoms with E-state index in [9.17, 15) is 5.11 Å². The molecule has 0 saturated carbocycles. The van der Waals surface area contributed by atoms with Gasteiger partial charge in [-0.15, -0.1) is 0 Å². The van der Waals surface area contributed by atoms with Gasteiger partial charge in [0.25, 0.3) is 0 Å². The second-order valence-corrected chi connectivity index (χ2v) is 5.80. The molecule has 0 unspecified atom stereocenters. The number of aryl methyl sites for hydroxylation is 2. The molecule has 1 heteroatoms. The summed E-state index contributed by atoms with van der Waals surface area (Å²) in [6.07, 6.45) is 0. The van der Waals surface area contributed by atoms with Crippen LogP contribution in [0.4, 0.5) is 0 Å². The lowest BCUT2D eigenvalue weighted by Crippen LogP contribution is -1.77. The van der Waals surface area contributed by atoms with Gasteiger partial charge in [-0.1, -0.05) is 84.4 Å². The number of phenols is 1. The van der Waals surface area contributed by atoms with Gasteiger partial charge < -0.3 is 5.11 Å². The average molecular weight is 300 g/mol. The number of benzene rings is 4. The molecule has 4 aromatic carbocycles. The summed E-state index contributed by atoms with van der Waals surface area (Å²) in [5.74, 6) is 0.396. The molecule has 0 aromatic heterocycles. The predicted octanol–water partition coefficient (Wildman–Crippen LogP) is 6.00. The maximum Gasteiger partial charge on any atom is 0.126 e. The zero-order valence-electron chi connectivity index (χ0n) is 13.5. The van der Waals surface area contributed by atoms with Crippen LogP contribution < -0.4 is 0 Å². The Bertz CT molecular complexity index is 954. The summed E-state index contributed by atoms with van der Waals surface area (Å²) < 4.78 is 0. The van der Waals surface area contributed by atoms with Gasteiger partial charge in [-0.05, 0) is 35.6 Å². The van der Waals surface area contributed by atoms with Crippen molar-refractivity contribution in [3.05, 3.63) is 90.0 Å². The Balaban J connectivity index is 0.000000136. The molecule has 0 aliphatic carbocycles. The normalized spacial score (nSPS) is 10.3. The highest BCUT2D eigenvalue weighted by molar-refractivity contribution is 5.89. The van der Waals surface area contributed by atoms with Crippen molar-refractivity contribution in [2.45, 2.75) is 13.8 Å². The minimum Gasteiger partial charge on any atom is -0.507 e. The van der Waals surface area contributed by atoms with Crippen LogP contribution in [-0.2, 0) is 0 Å². The highest BCUT2D eigenvalue weighted by Gasteiger charge is 2.00. The molecule has 0 amide bonds. The number of hydrogen-bond acceptors (Lipinski definition) is 1. The molecule has 0 spiro atoms. The molecule has 0 fully saturated rings. The highest BCUT2D eigenvalue weighted by Crippen LogP contribution is 2.27. The smallest absolute Gasteiger partial charge is 0.126 e. The molecule has 114 valence electrons. The van der Waals surface area contributed by atoms with Crippen molar-refractivity contribution in [3.63, 3.8) is 0 Å². The van der Waals surface area contributed by atoms with Gasteiger partial charge in [0, 0.05) is 5.39 Å². The van der Waals surface area contributed by atoms with Gasteiger partial charge in [0.1, 0.15) is 5.75 Å². The molecular weight excluding hydrogens is 280 g/mol. The van der Waals surface area contributed by atoms with E-state index < -0.39 is 0 Å². The monoisotopic (exact) mass is 300 g/mol. The first-order valence-corrected chi connectivity index (χ1v) is 7.78. The topological polar surface area (TPSA) is 20.2 Å². The fourth-order valence-corrected chi connectivity index (χ4v) is 2.67. The molecule has 0 bridgehead atoms. The van der Waals surface area contributed by atoms with E-state index >= 15 is 0 Å². The van der Waals surface area contributed by atoms with Gasteiger partial charge in [-0.25, -0.2) is 0 Å². The van der Waals surface area contributed by atoms with Gasteiger partial charge in [0.2, 0.25) is 0 Å². The number of rotatable bonds is 0. The van der Waals surface area contributed by atoms with Gasteiger partial charge in [-0.3, -0.25) is 0 Å². The second-order valence-electron chi connectivity index (χ2n) is 5.80. The van der Waals surface area contributed by atoms with Crippen molar-refractivity contribution in [1.29, 1.82) is 0 Å². The standard InChI is InChI=1S/C11H10O.C11H10/c1-8-6-7-9-4-2-3-5-10(9)11(8)12;1-9-6-7-10-4-2-3-5-11(10)8-9/h2-7,12H,1H3;2-8H,1H3. The molecule has 1 nitrogen and oxygen atoms in total. The van der Waals surface area contributed by atoms with Crippen molar-refractivity contribution in [2.75, 3.05) is 0 Å². The number of phenolic OH excluding ortho intramolecular Hbond substituents is 1. The van der Waals surface area contributed by atoms with E-state index in [1.807, 2.05) is 43.3 Å². The minimum absolute atomic E-state index is 0.396. The molecule has 4 rings (SSSR count). The Morgan fingerprint density at radius 1 is 0.609 bits per heavy atom. The zero-order valence-corrected chi connectivity index (χ0v) is 13.5. The van der Waals surface area contributed by atoms with Crippen LogP contribution in [0, 0.1) is 13.8 Å². The van der Waals surface area contributed by atoms with Crippen molar-refractivity contribution in [3.8, 4) is 5.75 Å². The maximum absolute atomic E-state index is 9.66. The van der Waals surface area contributed by atoms with Gasteiger partial charge in [0.05, 0.1) is 0 Å². The van der Waals surface area contributed by atoms with Gasteiger partial charge in [-0.2, -0.15) is 0 Å². The number of aromatic hydroxyl groups is 1. The lowest BCUT2D eigenvalue weighted by Gasteiger charge is -2.02. The van der Waals surface area contributed by atoms with Crippen molar-refractivity contribution in [2.24, 2.45) is 0 Å². The van der Waals surface area contributed by atoms with E-state index in [0.29, 0.717) is 5.75 Å². The fraction of sp³-hybridized carbons (Fsp3) is 0.0909. The molecule has 1 N–H and O–H groups in total. The first-order chi connectivity index (χ1) is 11.1.